The van der Waals surface area contributed by atoms with E-state index in [1.807, 2.05) is 33.8 Å². The highest BCUT2D eigenvalue weighted by Gasteiger charge is 2.38. The fourth-order valence-corrected chi connectivity index (χ4v) is 4.76. The van der Waals surface area contributed by atoms with Crippen LogP contribution in [0, 0.1) is 18.8 Å². The lowest BCUT2D eigenvalue weighted by molar-refractivity contribution is -0.134. The Balaban J connectivity index is 1.27. The quantitative estimate of drug-likeness (QED) is 0.774. The Bertz CT molecular complexity index is 782. The van der Waals surface area contributed by atoms with Crippen molar-refractivity contribution in [2.75, 3.05) is 39.3 Å². The van der Waals surface area contributed by atoms with Crippen LogP contribution in [0.25, 0.3) is 0 Å². The number of aromatic nitrogens is 1. The Hall–Kier alpha value is -2.44. The van der Waals surface area contributed by atoms with Crippen LogP contribution in [0.15, 0.2) is 18.2 Å². The number of nitrogens with zero attached hydrogens (tertiary/aromatic N) is 4. The van der Waals surface area contributed by atoms with Gasteiger partial charge in [-0.25, -0.2) is 4.98 Å². The Morgan fingerprint density at radius 2 is 1.79 bits per heavy atom. The molecule has 0 aliphatic carbocycles. The summed E-state index contributed by atoms with van der Waals surface area (Å²) in [6, 6.07) is 5.51. The highest BCUT2D eigenvalue weighted by Crippen LogP contribution is 2.26. The molecule has 3 amide bonds. The molecule has 1 aromatic heterocycles. The van der Waals surface area contributed by atoms with Crippen LogP contribution in [0.2, 0.25) is 0 Å². The molecule has 0 spiro atoms. The topological polar surface area (TPSA) is 73.8 Å². The Morgan fingerprint density at radius 3 is 2.48 bits per heavy atom. The highest BCUT2D eigenvalue weighted by atomic mass is 16.2. The molecule has 1 atom stereocenters. The van der Waals surface area contributed by atoms with Crippen molar-refractivity contribution in [1.82, 2.24) is 19.7 Å². The van der Waals surface area contributed by atoms with Gasteiger partial charge in [-0.05, 0) is 50.7 Å². The molecule has 3 saturated heterocycles. The second kappa shape index (κ2) is 8.51. The Morgan fingerprint density at radius 1 is 1.07 bits per heavy atom. The molecule has 3 aliphatic heterocycles. The molecular weight excluding hydrogens is 368 g/mol. The molecule has 0 bridgehead atoms. The van der Waals surface area contributed by atoms with E-state index in [1.54, 1.807) is 6.07 Å². The lowest BCUT2D eigenvalue weighted by Crippen LogP contribution is -2.42. The van der Waals surface area contributed by atoms with E-state index in [4.69, 9.17) is 0 Å². The highest BCUT2D eigenvalue weighted by molar-refractivity contribution is 5.92. The molecule has 3 fully saturated rings. The van der Waals surface area contributed by atoms with Crippen LogP contribution in [0.4, 0.5) is 0 Å². The van der Waals surface area contributed by atoms with Crippen molar-refractivity contribution in [3.63, 3.8) is 0 Å². The second-order valence-electron chi connectivity index (χ2n) is 8.63. The summed E-state index contributed by atoms with van der Waals surface area (Å²) >= 11 is 0. The normalized spacial score (nSPS) is 23.1. The Kier molecular flexibility index (Phi) is 5.83. The monoisotopic (exact) mass is 398 g/mol. The number of piperidine rings is 1. The van der Waals surface area contributed by atoms with Gasteiger partial charge < -0.3 is 14.7 Å². The standard InChI is InChI=1S/C22H30N4O3/c1-16-5-4-6-19(23-16)22(29)25-11-7-17(8-12-25)14-26-15-18(13-20(26)27)21(28)24-9-2-3-10-24/h4-6,17-18H,2-3,7-15H2,1H3. The molecule has 4 rings (SSSR count). The zero-order valence-corrected chi connectivity index (χ0v) is 17.2. The van der Waals surface area contributed by atoms with Gasteiger partial charge in [0.25, 0.3) is 5.91 Å². The molecule has 1 aromatic rings. The van der Waals surface area contributed by atoms with Crippen LogP contribution in [-0.2, 0) is 9.59 Å². The van der Waals surface area contributed by atoms with Crippen molar-refractivity contribution >= 4 is 17.7 Å². The van der Waals surface area contributed by atoms with Crippen LogP contribution in [0.5, 0.6) is 0 Å². The number of hydrogen-bond donors (Lipinski definition) is 0. The maximum atomic E-state index is 12.7. The summed E-state index contributed by atoms with van der Waals surface area (Å²) in [4.78, 5) is 47.7. The van der Waals surface area contributed by atoms with E-state index in [-0.39, 0.29) is 23.6 Å². The third-order valence-electron chi connectivity index (χ3n) is 6.47. The second-order valence-corrected chi connectivity index (χ2v) is 8.63. The summed E-state index contributed by atoms with van der Waals surface area (Å²) in [5.41, 5.74) is 1.35. The molecule has 0 aromatic carbocycles. The molecule has 7 nitrogen and oxygen atoms in total. The maximum absolute atomic E-state index is 12.7. The van der Waals surface area contributed by atoms with Gasteiger partial charge >= 0.3 is 0 Å². The van der Waals surface area contributed by atoms with Crippen LogP contribution in [0.3, 0.4) is 0 Å². The number of rotatable bonds is 4. The third-order valence-corrected chi connectivity index (χ3v) is 6.47. The molecule has 0 N–H and O–H groups in total. The van der Waals surface area contributed by atoms with Crippen molar-refractivity contribution in [1.29, 1.82) is 0 Å². The summed E-state index contributed by atoms with van der Waals surface area (Å²) in [6.45, 7) is 6.21. The summed E-state index contributed by atoms with van der Waals surface area (Å²) in [5, 5.41) is 0. The van der Waals surface area contributed by atoms with Gasteiger partial charge in [-0.2, -0.15) is 0 Å². The first kappa shape index (κ1) is 19.9. The van der Waals surface area contributed by atoms with Gasteiger partial charge in [0.15, 0.2) is 0 Å². The largest absolute Gasteiger partial charge is 0.342 e. The van der Waals surface area contributed by atoms with Crippen LogP contribution in [0.1, 0.15) is 48.3 Å². The molecule has 7 heteroatoms. The predicted molar refractivity (Wildman–Crippen MR) is 108 cm³/mol. The van der Waals surface area contributed by atoms with Crippen molar-refractivity contribution < 1.29 is 14.4 Å². The number of likely N-dealkylation sites (tertiary alicyclic amines) is 3. The predicted octanol–water partition coefficient (Wildman–Crippen LogP) is 1.71. The first-order valence-corrected chi connectivity index (χ1v) is 10.8. The Labute approximate surface area is 172 Å². The minimum atomic E-state index is -0.172. The summed E-state index contributed by atoms with van der Waals surface area (Å²) in [5.74, 6) is 0.457. The summed E-state index contributed by atoms with van der Waals surface area (Å²) in [6.07, 6.45) is 4.26. The first-order chi connectivity index (χ1) is 14.0. The molecule has 29 heavy (non-hydrogen) atoms. The van der Waals surface area contributed by atoms with Gasteiger partial charge in [-0.15, -0.1) is 0 Å². The van der Waals surface area contributed by atoms with Crippen molar-refractivity contribution in [3.8, 4) is 0 Å². The van der Waals surface area contributed by atoms with Gasteiger partial charge in [0.1, 0.15) is 5.69 Å². The van der Waals surface area contributed by atoms with Gasteiger partial charge in [-0.3, -0.25) is 14.4 Å². The number of pyridine rings is 1. The van der Waals surface area contributed by atoms with Crippen molar-refractivity contribution in [3.05, 3.63) is 29.6 Å². The molecule has 0 radical (unpaired) electrons. The van der Waals surface area contributed by atoms with E-state index < -0.39 is 0 Å². The zero-order valence-electron chi connectivity index (χ0n) is 17.2. The number of hydrogen-bond acceptors (Lipinski definition) is 4. The fraction of sp³-hybridized carbons (Fsp3) is 0.636. The molecule has 3 aliphatic rings. The van der Waals surface area contributed by atoms with Crippen molar-refractivity contribution in [2.45, 2.75) is 39.0 Å². The smallest absolute Gasteiger partial charge is 0.272 e. The summed E-state index contributed by atoms with van der Waals surface area (Å²) in [7, 11) is 0. The van der Waals surface area contributed by atoms with Crippen LogP contribution >= 0.6 is 0 Å². The van der Waals surface area contributed by atoms with Gasteiger partial charge in [-0.1, -0.05) is 6.07 Å². The molecule has 4 heterocycles. The van der Waals surface area contributed by atoms with E-state index in [0.29, 0.717) is 44.2 Å². The van der Waals surface area contributed by atoms with Crippen LogP contribution < -0.4 is 0 Å². The minimum Gasteiger partial charge on any atom is -0.342 e. The van der Waals surface area contributed by atoms with Crippen LogP contribution in [-0.4, -0.2) is 76.7 Å². The van der Waals surface area contributed by atoms with E-state index in [0.717, 1.165) is 44.5 Å². The van der Waals surface area contributed by atoms with Gasteiger partial charge in [0, 0.05) is 51.4 Å². The van der Waals surface area contributed by atoms with E-state index in [2.05, 4.69) is 4.98 Å². The van der Waals surface area contributed by atoms with E-state index in [1.165, 1.54) is 0 Å². The lowest BCUT2D eigenvalue weighted by atomic mass is 9.96. The first-order valence-electron chi connectivity index (χ1n) is 10.8. The molecule has 0 saturated carbocycles. The lowest BCUT2D eigenvalue weighted by Gasteiger charge is -2.34. The number of aryl methyl sites for hydroxylation is 1. The number of carbonyl (C=O) groups is 3. The van der Waals surface area contributed by atoms with Gasteiger partial charge in [0.2, 0.25) is 11.8 Å². The molecule has 1 unspecified atom stereocenters. The molecule has 156 valence electrons. The maximum Gasteiger partial charge on any atom is 0.272 e. The molecular formula is C22H30N4O3. The average Bonchev–Trinajstić information content (AvgIpc) is 3.38. The minimum absolute atomic E-state index is 0.0133. The fourth-order valence-electron chi connectivity index (χ4n) is 4.76. The third kappa shape index (κ3) is 4.43. The van der Waals surface area contributed by atoms with Gasteiger partial charge in [0.05, 0.1) is 5.92 Å². The average molecular weight is 399 g/mol. The summed E-state index contributed by atoms with van der Waals surface area (Å²) < 4.78 is 0. The number of amides is 3. The van der Waals surface area contributed by atoms with Crippen molar-refractivity contribution in [2.24, 2.45) is 11.8 Å². The van der Waals surface area contributed by atoms with E-state index in [9.17, 15) is 14.4 Å². The SMILES string of the molecule is Cc1cccc(C(=O)N2CCC(CN3CC(C(=O)N4CCCC4)CC3=O)CC2)n1. The van der Waals surface area contributed by atoms with E-state index >= 15 is 0 Å². The zero-order chi connectivity index (χ0) is 20.4. The number of carbonyl (C=O) groups excluding carboxylic acids is 3.